The molecule has 0 spiro atoms. The van der Waals surface area contributed by atoms with Gasteiger partial charge in [0.15, 0.2) is 0 Å². The summed E-state index contributed by atoms with van der Waals surface area (Å²) in [5, 5.41) is 4.98. The van der Waals surface area contributed by atoms with Crippen molar-refractivity contribution in [1.82, 2.24) is 0 Å². The number of nitrogens with one attached hydrogen (secondary N) is 1. The molecule has 0 saturated carbocycles. The zero-order chi connectivity index (χ0) is 16.9. The second-order valence-electron chi connectivity index (χ2n) is 6.01. The number of unbranched alkanes of at least 4 members (excludes halogenated alkanes) is 3. The number of furan rings is 1. The quantitative estimate of drug-likeness (QED) is 0.583. The van der Waals surface area contributed by atoms with Crippen molar-refractivity contribution < 1.29 is 13.9 Å². The van der Waals surface area contributed by atoms with E-state index in [0.717, 1.165) is 41.2 Å². The number of rotatable bonds is 7. The van der Waals surface area contributed by atoms with Crippen molar-refractivity contribution in [2.75, 3.05) is 12.4 Å². The first-order valence-electron chi connectivity index (χ1n) is 8.52. The number of ether oxygens (including phenoxy) is 1. The number of para-hydroxylation sites is 1. The van der Waals surface area contributed by atoms with Gasteiger partial charge >= 0.3 is 0 Å². The van der Waals surface area contributed by atoms with Crippen molar-refractivity contribution in [1.29, 1.82) is 0 Å². The van der Waals surface area contributed by atoms with Gasteiger partial charge in [-0.25, -0.2) is 0 Å². The number of carbonyl (C=O) groups is 1. The van der Waals surface area contributed by atoms with Gasteiger partial charge < -0.3 is 14.5 Å². The fourth-order valence-corrected chi connectivity index (χ4v) is 2.94. The lowest BCUT2D eigenvalue weighted by Gasteiger charge is -2.10. The first-order valence-corrected chi connectivity index (χ1v) is 8.52. The lowest BCUT2D eigenvalue weighted by molar-refractivity contribution is -0.116. The van der Waals surface area contributed by atoms with E-state index in [4.69, 9.17) is 9.15 Å². The molecule has 1 amide bonds. The molecular weight excluding hydrogens is 302 g/mol. The van der Waals surface area contributed by atoms with Gasteiger partial charge in [0.25, 0.3) is 0 Å². The molecular formula is C20H23NO3. The van der Waals surface area contributed by atoms with Crippen LogP contribution in [0.5, 0.6) is 5.75 Å². The Morgan fingerprint density at radius 1 is 1.08 bits per heavy atom. The maximum Gasteiger partial charge on any atom is 0.224 e. The average molecular weight is 325 g/mol. The summed E-state index contributed by atoms with van der Waals surface area (Å²) in [4.78, 5) is 12.2. The Bertz CT molecular complexity index is 851. The molecule has 0 radical (unpaired) electrons. The largest absolute Gasteiger partial charge is 0.495 e. The van der Waals surface area contributed by atoms with Crippen LogP contribution in [0.1, 0.15) is 39.0 Å². The molecule has 0 bridgehead atoms. The lowest BCUT2D eigenvalue weighted by atomic mass is 10.1. The van der Waals surface area contributed by atoms with Crippen LogP contribution in [0.3, 0.4) is 0 Å². The zero-order valence-electron chi connectivity index (χ0n) is 14.2. The van der Waals surface area contributed by atoms with E-state index in [9.17, 15) is 4.79 Å². The average Bonchev–Trinajstić information content (AvgIpc) is 2.95. The zero-order valence-corrected chi connectivity index (χ0v) is 14.2. The van der Waals surface area contributed by atoms with Crippen LogP contribution in [0, 0.1) is 0 Å². The first kappa shape index (κ1) is 16.4. The normalized spacial score (nSPS) is 11.1. The van der Waals surface area contributed by atoms with Gasteiger partial charge in [-0.15, -0.1) is 0 Å². The number of amides is 1. The van der Waals surface area contributed by atoms with E-state index < -0.39 is 0 Å². The van der Waals surface area contributed by atoms with Crippen LogP contribution in [0.25, 0.3) is 21.9 Å². The van der Waals surface area contributed by atoms with Crippen molar-refractivity contribution >= 4 is 33.5 Å². The second kappa shape index (κ2) is 7.39. The molecule has 0 unspecified atom stereocenters. The summed E-state index contributed by atoms with van der Waals surface area (Å²) in [6, 6.07) is 11.7. The molecule has 4 nitrogen and oxygen atoms in total. The molecule has 0 fully saturated rings. The lowest BCUT2D eigenvalue weighted by Crippen LogP contribution is -2.11. The Morgan fingerprint density at radius 3 is 2.71 bits per heavy atom. The molecule has 0 saturated heterocycles. The van der Waals surface area contributed by atoms with Crippen LogP contribution in [0.4, 0.5) is 5.69 Å². The minimum absolute atomic E-state index is 0.0138. The monoisotopic (exact) mass is 325 g/mol. The summed E-state index contributed by atoms with van der Waals surface area (Å²) in [5.74, 6) is 0.663. The molecule has 126 valence electrons. The van der Waals surface area contributed by atoms with Crippen LogP contribution >= 0.6 is 0 Å². The highest BCUT2D eigenvalue weighted by atomic mass is 16.5. The molecule has 3 aromatic rings. The highest BCUT2D eigenvalue weighted by molar-refractivity contribution is 6.07. The summed E-state index contributed by atoms with van der Waals surface area (Å²) in [6.45, 7) is 2.16. The van der Waals surface area contributed by atoms with Gasteiger partial charge in [0.05, 0.1) is 12.8 Å². The number of hydrogen-bond donors (Lipinski definition) is 1. The summed E-state index contributed by atoms with van der Waals surface area (Å²) in [7, 11) is 1.61. The third-order valence-electron chi connectivity index (χ3n) is 4.23. The molecule has 1 aromatic heterocycles. The van der Waals surface area contributed by atoms with E-state index in [1.54, 1.807) is 7.11 Å². The number of methoxy groups -OCH3 is 1. The van der Waals surface area contributed by atoms with Crippen LogP contribution in [0.2, 0.25) is 0 Å². The van der Waals surface area contributed by atoms with Crippen molar-refractivity contribution in [3.63, 3.8) is 0 Å². The number of hydrogen-bond acceptors (Lipinski definition) is 3. The summed E-state index contributed by atoms with van der Waals surface area (Å²) < 4.78 is 11.3. The molecule has 1 heterocycles. The first-order chi connectivity index (χ1) is 11.7. The number of carbonyl (C=O) groups excluding carboxylic acids is 1. The van der Waals surface area contributed by atoms with E-state index in [1.807, 2.05) is 36.4 Å². The second-order valence-corrected chi connectivity index (χ2v) is 6.01. The third-order valence-corrected chi connectivity index (χ3v) is 4.23. The van der Waals surface area contributed by atoms with E-state index in [1.165, 1.54) is 6.42 Å². The van der Waals surface area contributed by atoms with Crippen LogP contribution < -0.4 is 10.1 Å². The number of benzene rings is 2. The minimum atomic E-state index is 0.0138. The Labute approximate surface area is 141 Å². The summed E-state index contributed by atoms with van der Waals surface area (Å²) in [6.07, 6.45) is 4.86. The molecule has 4 heteroatoms. The van der Waals surface area contributed by atoms with Gasteiger partial charge in [0.2, 0.25) is 5.91 Å². The van der Waals surface area contributed by atoms with Gasteiger partial charge in [-0.3, -0.25) is 4.79 Å². The Balaban J connectivity index is 1.84. The predicted molar refractivity (Wildman–Crippen MR) is 97.7 cm³/mol. The van der Waals surface area contributed by atoms with Gasteiger partial charge in [-0.05, 0) is 18.6 Å². The molecule has 0 atom stereocenters. The SMILES string of the molecule is CCCCCCC(=O)Nc1cc2oc3ccccc3c2cc1OC. The van der Waals surface area contributed by atoms with Crippen molar-refractivity contribution in [2.45, 2.75) is 39.0 Å². The van der Waals surface area contributed by atoms with E-state index in [2.05, 4.69) is 12.2 Å². The van der Waals surface area contributed by atoms with Crippen molar-refractivity contribution in [2.24, 2.45) is 0 Å². The van der Waals surface area contributed by atoms with Crippen molar-refractivity contribution in [3.8, 4) is 5.75 Å². The molecule has 2 aromatic carbocycles. The van der Waals surface area contributed by atoms with Crippen LogP contribution in [-0.2, 0) is 4.79 Å². The Hall–Kier alpha value is -2.49. The number of fused-ring (bicyclic) bond motifs is 3. The number of anilines is 1. The highest BCUT2D eigenvalue weighted by Crippen LogP contribution is 2.36. The molecule has 0 aliphatic rings. The van der Waals surface area contributed by atoms with Gasteiger partial charge in [0, 0.05) is 23.3 Å². The van der Waals surface area contributed by atoms with Gasteiger partial charge in [-0.1, -0.05) is 44.4 Å². The summed E-state index contributed by atoms with van der Waals surface area (Å²) in [5.41, 5.74) is 2.24. The fraction of sp³-hybridized carbons (Fsp3) is 0.350. The fourth-order valence-electron chi connectivity index (χ4n) is 2.94. The van der Waals surface area contributed by atoms with Gasteiger partial charge in [-0.2, -0.15) is 0 Å². The maximum absolute atomic E-state index is 12.2. The smallest absolute Gasteiger partial charge is 0.224 e. The van der Waals surface area contributed by atoms with Crippen LogP contribution in [-0.4, -0.2) is 13.0 Å². The Kier molecular flexibility index (Phi) is 5.04. The molecule has 3 rings (SSSR count). The van der Waals surface area contributed by atoms with E-state index >= 15 is 0 Å². The molecule has 1 N–H and O–H groups in total. The minimum Gasteiger partial charge on any atom is -0.495 e. The standard InChI is InChI=1S/C20H23NO3/c1-3-4-5-6-11-20(22)21-16-13-18-15(12-19(16)23-2)14-9-7-8-10-17(14)24-18/h7-10,12-13H,3-6,11H2,1-2H3,(H,21,22). The van der Waals surface area contributed by atoms with E-state index in [0.29, 0.717) is 17.9 Å². The van der Waals surface area contributed by atoms with Crippen molar-refractivity contribution in [3.05, 3.63) is 36.4 Å². The molecule has 0 aliphatic carbocycles. The third kappa shape index (κ3) is 3.37. The molecule has 0 aliphatic heterocycles. The predicted octanol–water partition coefficient (Wildman–Crippen LogP) is 5.50. The van der Waals surface area contributed by atoms with Gasteiger partial charge in [0.1, 0.15) is 16.9 Å². The summed E-state index contributed by atoms with van der Waals surface area (Å²) >= 11 is 0. The van der Waals surface area contributed by atoms with E-state index in [-0.39, 0.29) is 5.91 Å². The van der Waals surface area contributed by atoms with Crippen LogP contribution in [0.15, 0.2) is 40.8 Å². The maximum atomic E-state index is 12.2. The topological polar surface area (TPSA) is 51.5 Å². The Morgan fingerprint density at radius 2 is 1.92 bits per heavy atom. The highest BCUT2D eigenvalue weighted by Gasteiger charge is 2.13. The molecule has 24 heavy (non-hydrogen) atoms.